The van der Waals surface area contributed by atoms with E-state index in [0.29, 0.717) is 36.9 Å². The van der Waals surface area contributed by atoms with Gasteiger partial charge in [-0.15, -0.1) is 0 Å². The maximum Gasteiger partial charge on any atom is 0.287 e. The Labute approximate surface area is 204 Å². The molecule has 3 aromatic rings. The van der Waals surface area contributed by atoms with Crippen LogP contribution in [0.3, 0.4) is 0 Å². The van der Waals surface area contributed by atoms with E-state index in [4.69, 9.17) is 9.15 Å². The van der Waals surface area contributed by atoms with Crippen LogP contribution in [0.15, 0.2) is 59.0 Å². The summed E-state index contributed by atoms with van der Waals surface area (Å²) in [6.07, 6.45) is 3.49. The zero-order valence-electron chi connectivity index (χ0n) is 19.8. The Kier molecular flexibility index (Phi) is 6.57. The predicted octanol–water partition coefficient (Wildman–Crippen LogP) is 5.02. The van der Waals surface area contributed by atoms with Crippen molar-refractivity contribution in [3.8, 4) is 5.75 Å². The number of hydrogen-bond acceptors (Lipinski definition) is 4. The van der Waals surface area contributed by atoms with Crippen molar-refractivity contribution in [3.63, 3.8) is 0 Å². The number of amides is 2. The first-order chi connectivity index (χ1) is 17.0. The zero-order valence-corrected chi connectivity index (χ0v) is 19.8. The molecule has 1 aliphatic carbocycles. The van der Waals surface area contributed by atoms with E-state index in [1.54, 1.807) is 24.3 Å². The summed E-state index contributed by atoms with van der Waals surface area (Å²) in [6, 6.07) is 15.3. The minimum absolute atomic E-state index is 0.0550. The Bertz CT molecular complexity index is 1220. The molecule has 6 nitrogen and oxygen atoms in total. The number of benzene rings is 2. The molecule has 2 heterocycles. The summed E-state index contributed by atoms with van der Waals surface area (Å²) in [5.41, 5.74) is 2.97. The molecule has 2 amide bonds. The number of rotatable bonds is 8. The van der Waals surface area contributed by atoms with Gasteiger partial charge >= 0.3 is 0 Å². The van der Waals surface area contributed by atoms with Crippen LogP contribution in [-0.2, 0) is 17.8 Å². The molecule has 1 saturated carbocycles. The fourth-order valence-corrected chi connectivity index (χ4v) is 4.54. The first-order valence-electron chi connectivity index (χ1n) is 12.2. The number of carbonyl (C=O) groups is 2. The summed E-state index contributed by atoms with van der Waals surface area (Å²) in [7, 11) is 0. The molecule has 7 heteroatoms. The molecule has 0 spiro atoms. The molecule has 1 N–H and O–H groups in total. The summed E-state index contributed by atoms with van der Waals surface area (Å²) in [6.45, 7) is 3.32. The van der Waals surface area contributed by atoms with Gasteiger partial charge in [0, 0.05) is 19.5 Å². The Morgan fingerprint density at radius 3 is 2.66 bits per heavy atom. The minimum Gasteiger partial charge on any atom is -0.486 e. The van der Waals surface area contributed by atoms with Crippen LogP contribution in [0.5, 0.6) is 5.75 Å². The quantitative estimate of drug-likeness (QED) is 0.496. The highest BCUT2D eigenvalue weighted by atomic mass is 19.1. The highest BCUT2D eigenvalue weighted by molar-refractivity contribution is 5.91. The molecule has 1 aliphatic heterocycles. The first kappa shape index (κ1) is 23.1. The molecular formula is C28H29FN2O4. The van der Waals surface area contributed by atoms with Gasteiger partial charge in [-0.05, 0) is 78.3 Å². The largest absolute Gasteiger partial charge is 0.486 e. The lowest BCUT2D eigenvalue weighted by atomic mass is 9.87. The number of furan rings is 1. The summed E-state index contributed by atoms with van der Waals surface area (Å²) >= 11 is 0. The number of fused-ring (bicyclic) bond motifs is 1. The summed E-state index contributed by atoms with van der Waals surface area (Å²) in [5.74, 6) is 1.60. The molecular weight excluding hydrogens is 447 g/mol. The smallest absolute Gasteiger partial charge is 0.287 e. The van der Waals surface area contributed by atoms with Crippen LogP contribution in [0.25, 0.3) is 0 Å². The molecule has 0 unspecified atom stereocenters. The second-order valence-electron chi connectivity index (χ2n) is 9.21. The number of halogens is 1. The van der Waals surface area contributed by atoms with Gasteiger partial charge in [-0.3, -0.25) is 9.59 Å². The van der Waals surface area contributed by atoms with Gasteiger partial charge in [0.05, 0.1) is 6.04 Å². The second-order valence-corrected chi connectivity index (χ2v) is 9.21. The average Bonchev–Trinajstić information content (AvgIpc) is 3.60. The van der Waals surface area contributed by atoms with Gasteiger partial charge in [0.25, 0.3) is 5.91 Å². The lowest BCUT2D eigenvalue weighted by Gasteiger charge is -2.38. The second kappa shape index (κ2) is 9.94. The van der Waals surface area contributed by atoms with Crippen molar-refractivity contribution in [2.75, 3.05) is 13.1 Å². The Morgan fingerprint density at radius 2 is 1.91 bits per heavy atom. The zero-order chi connectivity index (χ0) is 24.4. The molecule has 0 radical (unpaired) electrons. The third kappa shape index (κ3) is 5.24. The Hall–Kier alpha value is -3.61. The predicted molar refractivity (Wildman–Crippen MR) is 128 cm³/mol. The summed E-state index contributed by atoms with van der Waals surface area (Å²) < 4.78 is 25.3. The van der Waals surface area contributed by atoms with E-state index in [9.17, 15) is 14.0 Å². The van der Waals surface area contributed by atoms with Crippen molar-refractivity contribution in [2.45, 2.75) is 45.3 Å². The van der Waals surface area contributed by atoms with Crippen LogP contribution >= 0.6 is 0 Å². The Balaban J connectivity index is 1.33. The van der Waals surface area contributed by atoms with E-state index in [-0.39, 0.29) is 36.0 Å². The van der Waals surface area contributed by atoms with Gasteiger partial charge in [-0.2, -0.15) is 0 Å². The fourth-order valence-electron chi connectivity index (χ4n) is 4.54. The van der Waals surface area contributed by atoms with Gasteiger partial charge in [0.1, 0.15) is 23.9 Å². The highest BCUT2D eigenvalue weighted by Crippen LogP contribution is 2.37. The Morgan fingerprint density at radius 1 is 1.11 bits per heavy atom. The van der Waals surface area contributed by atoms with Crippen molar-refractivity contribution in [2.24, 2.45) is 5.92 Å². The summed E-state index contributed by atoms with van der Waals surface area (Å²) in [4.78, 5) is 26.8. The first-order valence-corrected chi connectivity index (χ1v) is 12.2. The molecule has 1 fully saturated rings. The van der Waals surface area contributed by atoms with Crippen LogP contribution in [0.2, 0.25) is 0 Å². The minimum atomic E-state index is -0.311. The number of carbonyl (C=O) groups excluding carboxylic acids is 2. The van der Waals surface area contributed by atoms with E-state index < -0.39 is 0 Å². The van der Waals surface area contributed by atoms with E-state index in [2.05, 4.69) is 5.32 Å². The van der Waals surface area contributed by atoms with Gasteiger partial charge < -0.3 is 19.4 Å². The van der Waals surface area contributed by atoms with Crippen LogP contribution in [0, 0.1) is 11.7 Å². The number of nitrogens with one attached hydrogen (secondary N) is 1. The number of ether oxygens (including phenoxy) is 1. The van der Waals surface area contributed by atoms with Crippen LogP contribution < -0.4 is 10.1 Å². The lowest BCUT2D eigenvalue weighted by molar-refractivity contribution is -0.132. The molecule has 0 saturated heterocycles. The third-order valence-electron chi connectivity index (χ3n) is 6.67. The van der Waals surface area contributed by atoms with Crippen LogP contribution in [-0.4, -0.2) is 29.8 Å². The van der Waals surface area contributed by atoms with E-state index in [1.807, 2.05) is 30.0 Å². The normalized spacial score (nSPS) is 17.1. The van der Waals surface area contributed by atoms with Crippen LogP contribution in [0.1, 0.15) is 65.2 Å². The fraction of sp³-hybridized carbons (Fsp3) is 0.357. The maximum absolute atomic E-state index is 13.6. The third-order valence-corrected chi connectivity index (χ3v) is 6.67. The number of nitrogens with zero attached hydrogens (tertiary/aromatic N) is 1. The van der Waals surface area contributed by atoms with Gasteiger partial charge in [0.2, 0.25) is 5.91 Å². The monoisotopic (exact) mass is 476 g/mol. The molecule has 2 aliphatic rings. The van der Waals surface area contributed by atoms with Crippen molar-refractivity contribution < 1.29 is 23.1 Å². The van der Waals surface area contributed by atoms with Crippen molar-refractivity contribution >= 4 is 11.8 Å². The topological polar surface area (TPSA) is 71.8 Å². The molecule has 1 aromatic heterocycles. The van der Waals surface area contributed by atoms with Crippen LogP contribution in [0.4, 0.5) is 4.39 Å². The molecule has 1 atom stereocenters. The van der Waals surface area contributed by atoms with Crippen molar-refractivity contribution in [1.29, 1.82) is 0 Å². The number of hydrogen-bond donors (Lipinski definition) is 1. The van der Waals surface area contributed by atoms with Gasteiger partial charge in [-0.25, -0.2) is 4.39 Å². The molecule has 5 rings (SSSR count). The maximum atomic E-state index is 13.6. The van der Waals surface area contributed by atoms with E-state index in [0.717, 1.165) is 23.1 Å². The lowest BCUT2D eigenvalue weighted by Crippen LogP contribution is -2.40. The standard InChI is InChI=1S/C28H29FN2O4/c1-2-26(32)31-14-13-19-7-10-22(15-24(19)27(31)20-5-8-21(29)9-6-20)34-17-23-11-12-25(35-23)28(33)30-16-18-3-4-18/h5-12,15,18,27H,2-4,13-14,16-17H2,1H3,(H,30,33)/t27-/m1/s1. The highest BCUT2D eigenvalue weighted by Gasteiger charge is 2.31. The average molecular weight is 477 g/mol. The van der Waals surface area contributed by atoms with Gasteiger partial charge in [0.15, 0.2) is 5.76 Å². The summed E-state index contributed by atoms with van der Waals surface area (Å²) in [5, 5.41) is 2.89. The van der Waals surface area contributed by atoms with E-state index >= 15 is 0 Å². The molecule has 182 valence electrons. The molecule has 35 heavy (non-hydrogen) atoms. The molecule has 0 bridgehead atoms. The van der Waals surface area contributed by atoms with Crippen molar-refractivity contribution in [3.05, 3.63) is 88.6 Å². The van der Waals surface area contributed by atoms with E-state index in [1.165, 1.54) is 25.0 Å². The SMILES string of the molecule is CCC(=O)N1CCc2ccc(OCc3ccc(C(=O)NCC4CC4)o3)cc2[C@H]1c1ccc(F)cc1. The molecule has 2 aromatic carbocycles. The van der Waals surface area contributed by atoms with Gasteiger partial charge in [-0.1, -0.05) is 25.1 Å². The van der Waals surface area contributed by atoms with Crippen molar-refractivity contribution in [1.82, 2.24) is 10.2 Å².